The van der Waals surface area contributed by atoms with E-state index < -0.39 is 0 Å². The van der Waals surface area contributed by atoms with Gasteiger partial charge in [-0.15, -0.1) is 0 Å². The van der Waals surface area contributed by atoms with Crippen molar-refractivity contribution in [1.29, 1.82) is 0 Å². The minimum Gasteiger partial charge on any atom is -0.375 e. The molecule has 0 bridgehead atoms. The Labute approximate surface area is 108 Å². The molecule has 6 heteroatoms. The van der Waals surface area contributed by atoms with Gasteiger partial charge in [0.15, 0.2) is 16.8 Å². The number of hydrogen-bond acceptors (Lipinski definition) is 5. The second-order valence-corrected chi connectivity index (χ2v) is 4.87. The fraction of sp³-hybridized carbons (Fsp3) is 0.0833. The fourth-order valence-electron chi connectivity index (χ4n) is 1.72. The topological polar surface area (TPSA) is 80.5 Å². The van der Waals surface area contributed by atoms with Crippen LogP contribution in [0, 0.1) is 6.92 Å². The predicted molar refractivity (Wildman–Crippen MR) is 72.1 cm³/mol. The molecule has 18 heavy (non-hydrogen) atoms. The van der Waals surface area contributed by atoms with Crippen LogP contribution in [0.3, 0.4) is 0 Å². The molecule has 0 amide bonds. The molecule has 0 aliphatic carbocycles. The summed E-state index contributed by atoms with van der Waals surface area (Å²) in [6.07, 6.45) is 0. The van der Waals surface area contributed by atoms with Gasteiger partial charge in [0, 0.05) is 5.56 Å². The number of hydrogen-bond donors (Lipinski definition) is 2. The molecule has 0 saturated heterocycles. The van der Waals surface area contributed by atoms with Gasteiger partial charge in [-0.25, -0.2) is 9.97 Å². The van der Waals surface area contributed by atoms with E-state index in [4.69, 9.17) is 5.73 Å². The van der Waals surface area contributed by atoms with Crippen molar-refractivity contribution >= 4 is 16.5 Å². The third-order valence-electron chi connectivity index (χ3n) is 2.55. The number of nitrogens with zero attached hydrogens (tertiary/aromatic N) is 3. The second-order valence-electron chi connectivity index (χ2n) is 3.84. The molecule has 2 heterocycles. The summed E-state index contributed by atoms with van der Waals surface area (Å²) in [4.78, 5) is 9.58. The molecular weight excluding hydrogens is 246 g/mol. The van der Waals surface area contributed by atoms with E-state index in [0.29, 0.717) is 16.8 Å². The van der Waals surface area contributed by atoms with E-state index in [1.165, 1.54) is 11.3 Å². The normalized spacial score (nSPS) is 10.7. The molecular formula is C12H11N5S. The van der Waals surface area contributed by atoms with Crippen molar-refractivity contribution in [3.63, 3.8) is 0 Å². The fourth-order valence-corrected chi connectivity index (χ4v) is 2.49. The lowest BCUT2D eigenvalue weighted by Crippen LogP contribution is -1.82. The number of nitrogens with one attached hydrogen (secondary N) is 1. The Morgan fingerprint density at radius 2 is 1.94 bits per heavy atom. The molecule has 0 atom stereocenters. The summed E-state index contributed by atoms with van der Waals surface area (Å²) in [7, 11) is 0. The number of aromatic nitrogens is 4. The Bertz CT molecular complexity index is 671. The number of aryl methyl sites for hydroxylation is 1. The van der Waals surface area contributed by atoms with E-state index in [1.54, 1.807) is 0 Å². The van der Waals surface area contributed by atoms with E-state index in [9.17, 15) is 0 Å². The number of H-pyrrole nitrogens is 1. The zero-order valence-corrected chi connectivity index (χ0v) is 10.5. The zero-order chi connectivity index (χ0) is 12.5. The maximum Gasteiger partial charge on any atom is 0.181 e. The van der Waals surface area contributed by atoms with E-state index in [0.717, 1.165) is 16.1 Å². The van der Waals surface area contributed by atoms with E-state index in [2.05, 4.69) is 20.2 Å². The molecule has 0 spiro atoms. The van der Waals surface area contributed by atoms with Gasteiger partial charge in [-0.05, 0) is 6.92 Å². The van der Waals surface area contributed by atoms with Gasteiger partial charge in [-0.1, -0.05) is 41.7 Å². The number of anilines is 1. The van der Waals surface area contributed by atoms with Crippen LogP contribution >= 0.6 is 11.3 Å². The van der Waals surface area contributed by atoms with Crippen molar-refractivity contribution in [2.75, 3.05) is 5.73 Å². The Kier molecular flexibility index (Phi) is 2.56. The number of rotatable bonds is 2. The Morgan fingerprint density at radius 3 is 2.61 bits per heavy atom. The van der Waals surface area contributed by atoms with Crippen molar-refractivity contribution in [3.05, 3.63) is 36.0 Å². The first kappa shape index (κ1) is 10.9. The van der Waals surface area contributed by atoms with Crippen LogP contribution in [-0.4, -0.2) is 20.2 Å². The van der Waals surface area contributed by atoms with Crippen LogP contribution in [0.2, 0.25) is 0 Å². The third kappa shape index (κ3) is 1.86. The van der Waals surface area contributed by atoms with Crippen molar-refractivity contribution in [3.8, 4) is 22.1 Å². The van der Waals surface area contributed by atoms with Crippen LogP contribution < -0.4 is 5.73 Å². The number of nitrogen functional groups attached to an aromatic ring is 1. The van der Waals surface area contributed by atoms with E-state index in [1.807, 2.05) is 37.3 Å². The highest BCUT2D eigenvalue weighted by molar-refractivity contribution is 7.18. The van der Waals surface area contributed by atoms with Gasteiger partial charge < -0.3 is 5.73 Å². The first-order chi connectivity index (χ1) is 8.74. The van der Waals surface area contributed by atoms with Gasteiger partial charge in [0.25, 0.3) is 0 Å². The van der Waals surface area contributed by atoms with Crippen molar-refractivity contribution in [2.45, 2.75) is 6.92 Å². The molecule has 0 saturated carbocycles. The van der Waals surface area contributed by atoms with E-state index >= 15 is 0 Å². The molecule has 3 rings (SSSR count). The highest BCUT2D eigenvalue weighted by Gasteiger charge is 2.13. The molecule has 0 radical (unpaired) electrons. The number of benzene rings is 1. The maximum atomic E-state index is 5.68. The molecule has 2 aromatic heterocycles. The monoisotopic (exact) mass is 257 g/mol. The first-order valence-electron chi connectivity index (χ1n) is 5.45. The molecule has 3 N–H and O–H groups in total. The first-order valence-corrected chi connectivity index (χ1v) is 6.27. The SMILES string of the molecule is Cc1nc(N)sc1-c1nc(-c2ccccc2)n[nH]1. The smallest absolute Gasteiger partial charge is 0.181 e. The van der Waals surface area contributed by atoms with E-state index in [-0.39, 0.29) is 0 Å². The largest absolute Gasteiger partial charge is 0.375 e. The van der Waals surface area contributed by atoms with Crippen LogP contribution in [0.1, 0.15) is 5.69 Å². The molecule has 0 aliphatic rings. The lowest BCUT2D eigenvalue weighted by atomic mass is 10.2. The summed E-state index contributed by atoms with van der Waals surface area (Å²) in [6, 6.07) is 9.83. The average Bonchev–Trinajstić information content (AvgIpc) is 2.97. The van der Waals surface area contributed by atoms with Crippen molar-refractivity contribution < 1.29 is 0 Å². The van der Waals surface area contributed by atoms with Gasteiger partial charge in [0.1, 0.15) is 0 Å². The quantitative estimate of drug-likeness (QED) is 0.739. The van der Waals surface area contributed by atoms with Gasteiger partial charge in [0.2, 0.25) is 0 Å². The van der Waals surface area contributed by atoms with Crippen LogP contribution in [0.5, 0.6) is 0 Å². The summed E-state index contributed by atoms with van der Waals surface area (Å²) < 4.78 is 0. The highest BCUT2D eigenvalue weighted by atomic mass is 32.1. The number of nitrogens with two attached hydrogens (primary N) is 1. The Morgan fingerprint density at radius 1 is 1.17 bits per heavy atom. The summed E-state index contributed by atoms with van der Waals surface area (Å²) in [5, 5.41) is 7.69. The van der Waals surface area contributed by atoms with Gasteiger partial charge in [-0.2, -0.15) is 5.10 Å². The van der Waals surface area contributed by atoms with Gasteiger partial charge >= 0.3 is 0 Å². The molecule has 5 nitrogen and oxygen atoms in total. The zero-order valence-electron chi connectivity index (χ0n) is 9.71. The van der Waals surface area contributed by atoms with Gasteiger partial charge in [-0.3, -0.25) is 5.10 Å². The minimum absolute atomic E-state index is 0.542. The van der Waals surface area contributed by atoms with Crippen LogP contribution in [0.25, 0.3) is 22.1 Å². The van der Waals surface area contributed by atoms with Gasteiger partial charge in [0.05, 0.1) is 10.6 Å². The highest BCUT2D eigenvalue weighted by Crippen LogP contribution is 2.29. The lowest BCUT2D eigenvalue weighted by molar-refractivity contribution is 1.10. The molecule has 0 aliphatic heterocycles. The van der Waals surface area contributed by atoms with Crippen molar-refractivity contribution in [1.82, 2.24) is 20.2 Å². The molecule has 1 aromatic carbocycles. The van der Waals surface area contributed by atoms with Crippen LogP contribution in [0.4, 0.5) is 5.13 Å². The standard InChI is InChI=1S/C12H11N5S/c1-7-9(18-12(13)14-7)11-15-10(16-17-11)8-5-3-2-4-6-8/h2-6H,1H3,(H2,13,14)(H,15,16,17). The molecule has 0 fully saturated rings. The summed E-state index contributed by atoms with van der Waals surface area (Å²) in [5.74, 6) is 1.39. The second kappa shape index (κ2) is 4.23. The number of aromatic amines is 1. The summed E-state index contributed by atoms with van der Waals surface area (Å²) in [5.41, 5.74) is 7.53. The van der Waals surface area contributed by atoms with Crippen LogP contribution in [0.15, 0.2) is 30.3 Å². The Balaban J connectivity index is 2.02. The minimum atomic E-state index is 0.542. The lowest BCUT2D eigenvalue weighted by Gasteiger charge is -1.92. The van der Waals surface area contributed by atoms with Crippen molar-refractivity contribution in [2.24, 2.45) is 0 Å². The number of thiazole rings is 1. The maximum absolute atomic E-state index is 5.68. The van der Waals surface area contributed by atoms with Crippen LogP contribution in [-0.2, 0) is 0 Å². The summed E-state index contributed by atoms with van der Waals surface area (Å²) >= 11 is 1.41. The summed E-state index contributed by atoms with van der Waals surface area (Å²) in [6.45, 7) is 1.91. The third-order valence-corrected chi connectivity index (χ3v) is 3.54. The predicted octanol–water partition coefficient (Wildman–Crippen LogP) is 2.49. The average molecular weight is 257 g/mol. The molecule has 0 unspecified atom stereocenters. The molecule has 90 valence electrons. The Hall–Kier alpha value is -2.21. The molecule has 3 aromatic rings.